The first kappa shape index (κ1) is 7.29. The summed E-state index contributed by atoms with van der Waals surface area (Å²) in [5.74, 6) is 2.37. The number of nitrogens with two attached hydrogens (primary N) is 1. The maximum atomic E-state index is 7.13. The van der Waals surface area contributed by atoms with Crippen LogP contribution in [0.1, 0.15) is 11.1 Å². The molecule has 3 N–H and O–H groups in total. The third kappa shape index (κ3) is 1.36. The van der Waals surface area contributed by atoms with Gasteiger partial charge >= 0.3 is 0 Å². The van der Waals surface area contributed by atoms with E-state index < -0.39 is 0 Å². The minimum absolute atomic E-state index is 0.0275. The summed E-state index contributed by atoms with van der Waals surface area (Å²) in [7, 11) is 0. The maximum absolute atomic E-state index is 7.13. The van der Waals surface area contributed by atoms with Gasteiger partial charge in [0.05, 0.1) is 5.56 Å². The smallest absolute Gasteiger partial charge is 0.124 e. The summed E-state index contributed by atoms with van der Waals surface area (Å²) < 4.78 is 0. The fourth-order valence-electron chi connectivity index (χ4n) is 0.744. The van der Waals surface area contributed by atoms with Gasteiger partial charge in [-0.3, -0.25) is 10.4 Å². The van der Waals surface area contributed by atoms with Gasteiger partial charge in [0.1, 0.15) is 5.84 Å². The molecule has 0 aliphatic carbocycles. The van der Waals surface area contributed by atoms with Crippen molar-refractivity contribution in [2.75, 3.05) is 0 Å². The molecule has 0 aliphatic rings. The van der Waals surface area contributed by atoms with Gasteiger partial charge in [0.25, 0.3) is 0 Å². The molecule has 0 aromatic carbocycles. The Morgan fingerprint density at radius 3 is 2.91 bits per heavy atom. The third-order valence-electron chi connectivity index (χ3n) is 1.27. The molecule has 54 valence electrons. The molecule has 3 nitrogen and oxygen atoms in total. The molecule has 3 heteroatoms. The summed E-state index contributed by atoms with van der Waals surface area (Å²) in [6.07, 6.45) is 8.21. The lowest BCUT2D eigenvalue weighted by Crippen LogP contribution is -2.12. The Balaban J connectivity index is 3.26. The van der Waals surface area contributed by atoms with Crippen molar-refractivity contribution in [1.82, 2.24) is 4.98 Å². The largest absolute Gasteiger partial charge is 0.384 e. The molecule has 0 saturated heterocycles. The first-order chi connectivity index (χ1) is 5.25. The lowest BCUT2D eigenvalue weighted by molar-refractivity contribution is 1.29. The number of aromatic nitrogens is 1. The fraction of sp³-hybridized carbons (Fsp3) is 0. The molecule has 0 spiro atoms. The van der Waals surface area contributed by atoms with Gasteiger partial charge in [0, 0.05) is 18.0 Å². The molecule has 0 unspecified atom stereocenters. The number of hydrogen-bond acceptors (Lipinski definition) is 2. The average molecular weight is 145 g/mol. The van der Waals surface area contributed by atoms with E-state index in [4.69, 9.17) is 17.6 Å². The van der Waals surface area contributed by atoms with Crippen molar-refractivity contribution in [3.63, 3.8) is 0 Å². The standard InChI is InChI=1S/C8H7N3/c1-2-6-5-11-4-3-7(6)8(9)10/h1,3-5H,(H3,9,10). The molecular formula is C8H7N3. The number of hydrogen-bond donors (Lipinski definition) is 2. The van der Waals surface area contributed by atoms with Crippen LogP contribution >= 0.6 is 0 Å². The Morgan fingerprint density at radius 2 is 2.45 bits per heavy atom. The highest BCUT2D eigenvalue weighted by atomic mass is 14.7. The SMILES string of the molecule is C#Cc1cnccc1C(=N)N. The van der Waals surface area contributed by atoms with Gasteiger partial charge in [-0.1, -0.05) is 5.92 Å². The highest BCUT2D eigenvalue weighted by molar-refractivity contribution is 5.97. The molecule has 1 rings (SSSR count). The molecule has 0 aliphatic heterocycles. The minimum atomic E-state index is -0.0275. The van der Waals surface area contributed by atoms with Crippen molar-refractivity contribution < 1.29 is 0 Å². The van der Waals surface area contributed by atoms with E-state index in [9.17, 15) is 0 Å². The maximum Gasteiger partial charge on any atom is 0.124 e. The normalized spacial score (nSPS) is 8.64. The van der Waals surface area contributed by atoms with E-state index in [2.05, 4.69) is 10.9 Å². The second kappa shape index (κ2) is 2.84. The number of nitrogens with zero attached hydrogens (tertiary/aromatic N) is 1. The van der Waals surface area contributed by atoms with E-state index in [0.717, 1.165) is 0 Å². The van der Waals surface area contributed by atoms with Crippen molar-refractivity contribution in [3.05, 3.63) is 29.6 Å². The Kier molecular flexibility index (Phi) is 1.88. The zero-order valence-corrected chi connectivity index (χ0v) is 5.83. The topological polar surface area (TPSA) is 62.8 Å². The van der Waals surface area contributed by atoms with E-state index in [0.29, 0.717) is 11.1 Å². The zero-order valence-electron chi connectivity index (χ0n) is 5.83. The summed E-state index contributed by atoms with van der Waals surface area (Å²) in [4.78, 5) is 3.80. The van der Waals surface area contributed by atoms with E-state index >= 15 is 0 Å². The van der Waals surface area contributed by atoms with Gasteiger partial charge in [0.2, 0.25) is 0 Å². The predicted molar refractivity (Wildman–Crippen MR) is 43.2 cm³/mol. The molecule has 0 atom stereocenters. The van der Waals surface area contributed by atoms with Gasteiger partial charge in [0.15, 0.2) is 0 Å². The molecule has 1 heterocycles. The van der Waals surface area contributed by atoms with Crippen molar-refractivity contribution >= 4 is 5.84 Å². The Bertz CT molecular complexity index is 322. The van der Waals surface area contributed by atoms with Gasteiger partial charge in [-0.15, -0.1) is 6.42 Å². The highest BCUT2D eigenvalue weighted by Gasteiger charge is 2.00. The summed E-state index contributed by atoms with van der Waals surface area (Å²) in [6.45, 7) is 0. The van der Waals surface area contributed by atoms with Crippen LogP contribution in [0, 0.1) is 17.8 Å². The van der Waals surface area contributed by atoms with Crippen LogP contribution in [0.15, 0.2) is 18.5 Å². The van der Waals surface area contributed by atoms with Crippen molar-refractivity contribution in [1.29, 1.82) is 5.41 Å². The molecule has 0 radical (unpaired) electrons. The molecular weight excluding hydrogens is 138 g/mol. The molecule has 11 heavy (non-hydrogen) atoms. The van der Waals surface area contributed by atoms with E-state index in [-0.39, 0.29) is 5.84 Å². The lowest BCUT2D eigenvalue weighted by atomic mass is 10.1. The number of terminal acetylenes is 1. The van der Waals surface area contributed by atoms with Gasteiger partial charge in [-0.25, -0.2) is 0 Å². The summed E-state index contributed by atoms with van der Waals surface area (Å²) in [5.41, 5.74) is 6.36. The number of nitrogen functional groups attached to an aromatic ring is 1. The van der Waals surface area contributed by atoms with Gasteiger partial charge in [-0.05, 0) is 6.07 Å². The molecule has 1 aromatic rings. The number of amidine groups is 1. The van der Waals surface area contributed by atoms with Crippen LogP contribution in [-0.4, -0.2) is 10.8 Å². The molecule has 1 aromatic heterocycles. The van der Waals surface area contributed by atoms with Crippen LogP contribution in [0.2, 0.25) is 0 Å². The number of rotatable bonds is 1. The van der Waals surface area contributed by atoms with E-state index in [1.807, 2.05) is 0 Å². The Labute approximate surface area is 64.8 Å². The Morgan fingerprint density at radius 1 is 1.73 bits per heavy atom. The second-order valence-electron chi connectivity index (χ2n) is 1.98. The van der Waals surface area contributed by atoms with Crippen LogP contribution in [-0.2, 0) is 0 Å². The second-order valence-corrected chi connectivity index (χ2v) is 1.98. The van der Waals surface area contributed by atoms with Crippen LogP contribution in [0.25, 0.3) is 0 Å². The van der Waals surface area contributed by atoms with Crippen molar-refractivity contribution in [2.24, 2.45) is 5.73 Å². The quantitative estimate of drug-likeness (QED) is 0.340. The molecule has 0 fully saturated rings. The number of nitrogens with one attached hydrogen (secondary N) is 1. The number of pyridine rings is 1. The van der Waals surface area contributed by atoms with Crippen LogP contribution in [0.5, 0.6) is 0 Å². The fourth-order valence-corrected chi connectivity index (χ4v) is 0.744. The summed E-state index contributed by atoms with van der Waals surface area (Å²) in [5, 5.41) is 7.13. The van der Waals surface area contributed by atoms with Crippen LogP contribution < -0.4 is 5.73 Å². The minimum Gasteiger partial charge on any atom is -0.384 e. The molecule has 0 amide bonds. The van der Waals surface area contributed by atoms with Crippen LogP contribution in [0.4, 0.5) is 0 Å². The van der Waals surface area contributed by atoms with Crippen LogP contribution in [0.3, 0.4) is 0 Å². The zero-order chi connectivity index (χ0) is 8.27. The molecule has 0 bridgehead atoms. The molecule has 0 saturated carbocycles. The summed E-state index contributed by atoms with van der Waals surface area (Å²) >= 11 is 0. The van der Waals surface area contributed by atoms with Crippen molar-refractivity contribution in [2.45, 2.75) is 0 Å². The van der Waals surface area contributed by atoms with Gasteiger partial charge < -0.3 is 5.73 Å². The van der Waals surface area contributed by atoms with Crippen molar-refractivity contribution in [3.8, 4) is 12.3 Å². The Hall–Kier alpha value is -1.82. The third-order valence-corrected chi connectivity index (χ3v) is 1.27. The highest BCUT2D eigenvalue weighted by Crippen LogP contribution is 2.02. The van der Waals surface area contributed by atoms with E-state index in [1.165, 1.54) is 6.20 Å². The first-order valence-electron chi connectivity index (χ1n) is 3.00. The monoisotopic (exact) mass is 145 g/mol. The first-order valence-corrected chi connectivity index (χ1v) is 3.00. The predicted octanol–water partition coefficient (Wildman–Crippen LogP) is 0.347. The van der Waals surface area contributed by atoms with Gasteiger partial charge in [-0.2, -0.15) is 0 Å². The lowest BCUT2D eigenvalue weighted by Gasteiger charge is -1.98. The summed E-state index contributed by atoms with van der Waals surface area (Å²) in [6, 6.07) is 1.62. The average Bonchev–Trinajstić information content (AvgIpc) is 2.04. The van der Waals surface area contributed by atoms with E-state index in [1.54, 1.807) is 12.3 Å².